The minimum Gasteiger partial charge on any atom is -0.491 e. The summed E-state index contributed by atoms with van der Waals surface area (Å²) in [6.45, 7) is 3.87. The number of rotatable bonds is 7. The smallest absolute Gasteiger partial charge is 0.312 e. The summed E-state index contributed by atoms with van der Waals surface area (Å²) >= 11 is 0. The van der Waals surface area contributed by atoms with Gasteiger partial charge in [0.15, 0.2) is 5.75 Å². The van der Waals surface area contributed by atoms with E-state index >= 15 is 0 Å². The minimum atomic E-state index is -0.565. The molecule has 1 N–H and O–H groups in total. The number of hydrogen-bond acceptors (Lipinski definition) is 5. The lowest BCUT2D eigenvalue weighted by molar-refractivity contribution is -0.385. The Balaban J connectivity index is 2.08. The summed E-state index contributed by atoms with van der Waals surface area (Å²) in [6, 6.07) is 11.6. The lowest BCUT2D eigenvalue weighted by Crippen LogP contribution is -2.08. The van der Waals surface area contributed by atoms with Gasteiger partial charge < -0.3 is 14.8 Å². The Hall–Kier alpha value is -3.35. The Morgan fingerprint density at radius 1 is 1.23 bits per heavy atom. The summed E-state index contributed by atoms with van der Waals surface area (Å²) in [4.78, 5) is 22.5. The third kappa shape index (κ3) is 5.34. The van der Waals surface area contributed by atoms with Crippen molar-refractivity contribution in [3.05, 3.63) is 64.2 Å². The molecule has 0 aliphatic heterocycles. The topological polar surface area (TPSA) is 90.7 Å². The highest BCUT2D eigenvalue weighted by molar-refractivity contribution is 6.02. The van der Waals surface area contributed by atoms with E-state index in [0.29, 0.717) is 11.4 Å². The molecule has 136 valence electrons. The first-order valence-electron chi connectivity index (χ1n) is 7.97. The highest BCUT2D eigenvalue weighted by atomic mass is 16.6. The van der Waals surface area contributed by atoms with Gasteiger partial charge >= 0.3 is 5.69 Å². The highest BCUT2D eigenvalue weighted by Gasteiger charge is 2.15. The largest absolute Gasteiger partial charge is 0.491 e. The van der Waals surface area contributed by atoms with E-state index in [1.54, 1.807) is 6.08 Å². The number of carbonyl (C=O) groups excluding carboxylic acids is 1. The van der Waals surface area contributed by atoms with Crippen molar-refractivity contribution < 1.29 is 19.2 Å². The van der Waals surface area contributed by atoms with Gasteiger partial charge in [-0.3, -0.25) is 14.9 Å². The first kappa shape index (κ1) is 19.0. The number of ether oxygens (including phenoxy) is 2. The Labute approximate surface area is 151 Å². The van der Waals surface area contributed by atoms with Crippen molar-refractivity contribution in [2.45, 2.75) is 20.0 Å². The lowest BCUT2D eigenvalue weighted by Gasteiger charge is -2.09. The second-order valence-electron chi connectivity index (χ2n) is 5.71. The standard InChI is InChI=1S/C19H20N2O5/c1-13(2)26-16-6-4-5-14(11-16)7-10-19(22)20-15-8-9-18(25-3)17(12-15)21(23)24/h4-13H,1-3H3,(H,20,22)/b10-7+. The van der Waals surface area contributed by atoms with Gasteiger partial charge in [0.25, 0.3) is 0 Å². The Morgan fingerprint density at radius 2 is 2.00 bits per heavy atom. The molecule has 0 saturated heterocycles. The van der Waals surface area contributed by atoms with Gasteiger partial charge in [-0.1, -0.05) is 12.1 Å². The predicted octanol–water partition coefficient (Wildman–Crippen LogP) is 4.04. The summed E-state index contributed by atoms with van der Waals surface area (Å²) in [6.07, 6.45) is 3.05. The van der Waals surface area contributed by atoms with Gasteiger partial charge in [-0.15, -0.1) is 0 Å². The van der Waals surface area contributed by atoms with Crippen molar-refractivity contribution in [2.24, 2.45) is 0 Å². The molecule has 2 aromatic rings. The van der Waals surface area contributed by atoms with Crippen LogP contribution < -0.4 is 14.8 Å². The van der Waals surface area contributed by atoms with E-state index in [0.717, 1.165) is 5.56 Å². The SMILES string of the molecule is COc1ccc(NC(=O)/C=C/c2cccc(OC(C)C)c2)cc1[N+](=O)[O-]. The number of hydrogen-bond donors (Lipinski definition) is 1. The van der Waals surface area contributed by atoms with Crippen LogP contribution in [0.3, 0.4) is 0 Å². The molecule has 0 aliphatic rings. The van der Waals surface area contributed by atoms with Crippen molar-refractivity contribution in [3.8, 4) is 11.5 Å². The first-order chi connectivity index (χ1) is 12.4. The summed E-state index contributed by atoms with van der Waals surface area (Å²) in [7, 11) is 1.35. The second-order valence-corrected chi connectivity index (χ2v) is 5.71. The average Bonchev–Trinajstić information content (AvgIpc) is 2.59. The molecule has 7 nitrogen and oxygen atoms in total. The van der Waals surface area contributed by atoms with Crippen molar-refractivity contribution in [2.75, 3.05) is 12.4 Å². The molecule has 0 radical (unpaired) electrons. The quantitative estimate of drug-likeness (QED) is 0.459. The van der Waals surface area contributed by atoms with Crippen LogP contribution in [0.25, 0.3) is 6.08 Å². The van der Waals surface area contributed by atoms with Gasteiger partial charge in [0.2, 0.25) is 5.91 Å². The molecular weight excluding hydrogens is 336 g/mol. The number of carbonyl (C=O) groups is 1. The van der Waals surface area contributed by atoms with Crippen LogP contribution in [-0.4, -0.2) is 24.0 Å². The molecule has 0 aromatic heterocycles. The molecule has 0 spiro atoms. The first-order valence-corrected chi connectivity index (χ1v) is 7.97. The van der Waals surface area contributed by atoms with Gasteiger partial charge in [-0.2, -0.15) is 0 Å². The molecule has 26 heavy (non-hydrogen) atoms. The van der Waals surface area contributed by atoms with Crippen molar-refractivity contribution >= 4 is 23.4 Å². The van der Waals surface area contributed by atoms with Crippen LogP contribution in [0.2, 0.25) is 0 Å². The van der Waals surface area contributed by atoms with E-state index in [-0.39, 0.29) is 17.5 Å². The van der Waals surface area contributed by atoms with Crippen LogP contribution in [0.5, 0.6) is 11.5 Å². The molecule has 2 rings (SSSR count). The van der Waals surface area contributed by atoms with Gasteiger partial charge in [-0.25, -0.2) is 0 Å². The van der Waals surface area contributed by atoms with Crippen LogP contribution in [0.15, 0.2) is 48.5 Å². The van der Waals surface area contributed by atoms with Gasteiger partial charge in [0, 0.05) is 17.8 Å². The van der Waals surface area contributed by atoms with E-state index in [1.165, 1.54) is 31.4 Å². The summed E-state index contributed by atoms with van der Waals surface area (Å²) in [5.74, 6) is 0.443. The minimum absolute atomic E-state index is 0.0587. The normalized spacial score (nSPS) is 10.8. The van der Waals surface area contributed by atoms with E-state index in [4.69, 9.17) is 9.47 Å². The van der Waals surface area contributed by atoms with E-state index in [2.05, 4.69) is 5.32 Å². The maximum absolute atomic E-state index is 12.1. The van der Waals surface area contributed by atoms with Crippen molar-refractivity contribution in [3.63, 3.8) is 0 Å². The average molecular weight is 356 g/mol. The fourth-order valence-corrected chi connectivity index (χ4v) is 2.23. The van der Waals surface area contributed by atoms with Crippen molar-refractivity contribution in [1.82, 2.24) is 0 Å². The zero-order valence-electron chi connectivity index (χ0n) is 14.8. The molecule has 1 amide bonds. The number of nitrogens with one attached hydrogen (secondary N) is 1. The van der Waals surface area contributed by atoms with E-state index in [9.17, 15) is 14.9 Å². The molecular formula is C19H20N2O5. The molecule has 0 atom stereocenters. The van der Waals surface area contributed by atoms with Crippen LogP contribution in [-0.2, 0) is 4.79 Å². The lowest BCUT2D eigenvalue weighted by atomic mass is 10.2. The number of nitro benzene ring substituents is 1. The highest BCUT2D eigenvalue weighted by Crippen LogP contribution is 2.29. The Morgan fingerprint density at radius 3 is 2.65 bits per heavy atom. The Bertz CT molecular complexity index is 830. The van der Waals surface area contributed by atoms with Gasteiger partial charge in [-0.05, 0) is 49.8 Å². The molecule has 0 unspecified atom stereocenters. The summed E-state index contributed by atoms with van der Waals surface area (Å²) in [5, 5.41) is 13.6. The fraction of sp³-hybridized carbons (Fsp3) is 0.211. The number of anilines is 1. The molecule has 0 fully saturated rings. The summed E-state index contributed by atoms with van der Waals surface area (Å²) in [5.41, 5.74) is 0.899. The number of nitro groups is 1. The molecule has 2 aromatic carbocycles. The fourth-order valence-electron chi connectivity index (χ4n) is 2.23. The third-order valence-corrected chi connectivity index (χ3v) is 3.30. The predicted molar refractivity (Wildman–Crippen MR) is 99.5 cm³/mol. The zero-order valence-corrected chi connectivity index (χ0v) is 14.8. The second kappa shape index (κ2) is 8.66. The van der Waals surface area contributed by atoms with E-state index < -0.39 is 10.8 Å². The number of benzene rings is 2. The van der Waals surface area contributed by atoms with Crippen LogP contribution in [0.1, 0.15) is 19.4 Å². The molecule has 0 saturated carbocycles. The van der Waals surface area contributed by atoms with Crippen LogP contribution >= 0.6 is 0 Å². The van der Waals surface area contributed by atoms with E-state index in [1.807, 2.05) is 38.1 Å². The molecule has 0 bridgehead atoms. The third-order valence-electron chi connectivity index (χ3n) is 3.30. The summed E-state index contributed by atoms with van der Waals surface area (Å²) < 4.78 is 10.5. The monoisotopic (exact) mass is 356 g/mol. The van der Waals surface area contributed by atoms with Crippen LogP contribution in [0.4, 0.5) is 11.4 Å². The molecule has 0 heterocycles. The maximum Gasteiger partial charge on any atom is 0.312 e. The molecule has 0 aliphatic carbocycles. The maximum atomic E-state index is 12.1. The van der Waals surface area contributed by atoms with Crippen molar-refractivity contribution in [1.29, 1.82) is 0 Å². The van der Waals surface area contributed by atoms with Crippen LogP contribution in [0, 0.1) is 10.1 Å². The number of amides is 1. The van der Waals surface area contributed by atoms with Gasteiger partial charge in [0.1, 0.15) is 5.75 Å². The molecule has 7 heteroatoms. The number of nitrogens with zero attached hydrogens (tertiary/aromatic N) is 1. The zero-order chi connectivity index (χ0) is 19.1. The Kier molecular flexibility index (Phi) is 6.32. The number of methoxy groups -OCH3 is 1. The van der Waals surface area contributed by atoms with Gasteiger partial charge in [0.05, 0.1) is 18.1 Å².